The molecule has 1 aromatic rings. The predicted octanol–water partition coefficient (Wildman–Crippen LogP) is 2.15. The lowest BCUT2D eigenvalue weighted by molar-refractivity contribution is -0.139. The van der Waals surface area contributed by atoms with Gasteiger partial charge in [-0.1, -0.05) is 12.1 Å². The second-order valence-corrected chi connectivity index (χ2v) is 6.31. The first-order valence-corrected chi connectivity index (χ1v) is 7.80. The zero-order valence-corrected chi connectivity index (χ0v) is 14.1. The molecule has 2 fully saturated rings. The zero-order valence-electron chi connectivity index (χ0n) is 13.3. The number of hydrogen-bond donors (Lipinski definition) is 2. The molecule has 1 aliphatic carbocycles. The van der Waals surface area contributed by atoms with Gasteiger partial charge in [-0.3, -0.25) is 9.59 Å². The number of nitrogens with one attached hydrogen (secondary N) is 2. The highest BCUT2D eigenvalue weighted by Gasteiger charge is 2.57. The quantitative estimate of drug-likeness (QED) is 0.825. The first kappa shape index (κ1) is 17.8. The van der Waals surface area contributed by atoms with E-state index in [0.717, 1.165) is 43.6 Å². The zero-order chi connectivity index (χ0) is 15.6. The Morgan fingerprint density at radius 1 is 1.35 bits per heavy atom. The monoisotopic (exact) mass is 338 g/mol. The fraction of sp³-hybridized carbons (Fsp3) is 0.529. The summed E-state index contributed by atoms with van der Waals surface area (Å²) in [4.78, 5) is 23.7. The topological polar surface area (TPSA) is 67.4 Å². The van der Waals surface area contributed by atoms with Crippen LogP contribution in [0.25, 0.3) is 0 Å². The molecule has 126 valence electrons. The number of ether oxygens (including phenoxy) is 1. The molecule has 1 heterocycles. The van der Waals surface area contributed by atoms with Gasteiger partial charge in [0, 0.05) is 11.6 Å². The highest BCUT2D eigenvalue weighted by Crippen LogP contribution is 2.58. The Morgan fingerprint density at radius 2 is 2.09 bits per heavy atom. The Labute approximate surface area is 142 Å². The number of anilines is 1. The van der Waals surface area contributed by atoms with Crippen LogP contribution in [0.15, 0.2) is 24.3 Å². The van der Waals surface area contributed by atoms with Gasteiger partial charge in [0.05, 0.1) is 13.5 Å². The van der Waals surface area contributed by atoms with Crippen molar-refractivity contribution in [3.8, 4) is 0 Å². The van der Waals surface area contributed by atoms with Crippen LogP contribution in [0.4, 0.5) is 5.69 Å². The van der Waals surface area contributed by atoms with E-state index in [4.69, 9.17) is 0 Å². The van der Waals surface area contributed by atoms with Crippen molar-refractivity contribution in [2.75, 3.05) is 25.5 Å². The number of halogens is 1. The molecule has 2 N–H and O–H groups in total. The van der Waals surface area contributed by atoms with E-state index in [1.54, 1.807) is 0 Å². The number of benzene rings is 1. The van der Waals surface area contributed by atoms with Crippen molar-refractivity contribution in [3.63, 3.8) is 0 Å². The van der Waals surface area contributed by atoms with Crippen LogP contribution >= 0.6 is 12.4 Å². The van der Waals surface area contributed by atoms with Crippen LogP contribution in [-0.2, 0) is 20.7 Å². The second kappa shape index (κ2) is 7.32. The fourth-order valence-electron chi connectivity index (χ4n) is 3.42. The Morgan fingerprint density at radius 3 is 2.78 bits per heavy atom. The molecule has 1 aliphatic heterocycles. The van der Waals surface area contributed by atoms with Crippen molar-refractivity contribution in [1.29, 1.82) is 0 Å². The number of carbonyl (C=O) groups excluding carboxylic acids is 2. The van der Waals surface area contributed by atoms with Crippen LogP contribution in [0.1, 0.15) is 24.8 Å². The van der Waals surface area contributed by atoms with Crippen LogP contribution in [-0.4, -0.2) is 32.1 Å². The maximum Gasteiger partial charge on any atom is 0.309 e. The summed E-state index contributed by atoms with van der Waals surface area (Å²) in [6.45, 7) is 2.02. The largest absolute Gasteiger partial charge is 0.469 e. The van der Waals surface area contributed by atoms with E-state index in [1.165, 1.54) is 7.11 Å². The van der Waals surface area contributed by atoms with Crippen LogP contribution in [0.2, 0.25) is 0 Å². The number of amides is 1. The van der Waals surface area contributed by atoms with Crippen LogP contribution in [0, 0.1) is 11.3 Å². The molecule has 1 saturated carbocycles. The molecule has 2 aliphatic rings. The molecule has 5 nitrogen and oxygen atoms in total. The fourth-order valence-corrected chi connectivity index (χ4v) is 3.42. The van der Waals surface area contributed by atoms with E-state index < -0.39 is 0 Å². The van der Waals surface area contributed by atoms with Crippen molar-refractivity contribution in [2.45, 2.75) is 25.7 Å². The number of rotatable bonds is 4. The molecule has 1 saturated heterocycles. The van der Waals surface area contributed by atoms with Gasteiger partial charge in [0.2, 0.25) is 5.91 Å². The number of esters is 1. The average Bonchev–Trinajstić information content (AvgIpc) is 3.21. The molecule has 3 rings (SSSR count). The van der Waals surface area contributed by atoms with E-state index in [2.05, 4.69) is 15.4 Å². The normalized spacial score (nSPS) is 21.2. The van der Waals surface area contributed by atoms with E-state index in [9.17, 15) is 9.59 Å². The predicted molar refractivity (Wildman–Crippen MR) is 90.7 cm³/mol. The minimum Gasteiger partial charge on any atom is -0.469 e. The smallest absolute Gasteiger partial charge is 0.309 e. The molecular formula is C17H23ClN2O3. The molecule has 1 unspecified atom stereocenters. The highest BCUT2D eigenvalue weighted by atomic mass is 35.5. The van der Waals surface area contributed by atoms with Gasteiger partial charge >= 0.3 is 5.97 Å². The van der Waals surface area contributed by atoms with Crippen LogP contribution in [0.3, 0.4) is 0 Å². The first-order chi connectivity index (χ1) is 10.6. The molecule has 0 bridgehead atoms. The third-order valence-electron chi connectivity index (χ3n) is 4.88. The van der Waals surface area contributed by atoms with Crippen molar-refractivity contribution in [3.05, 3.63) is 29.8 Å². The maximum absolute atomic E-state index is 12.4. The Bertz CT molecular complexity index is 585. The van der Waals surface area contributed by atoms with Gasteiger partial charge in [-0.25, -0.2) is 0 Å². The first-order valence-electron chi connectivity index (χ1n) is 7.80. The summed E-state index contributed by atoms with van der Waals surface area (Å²) < 4.78 is 4.67. The van der Waals surface area contributed by atoms with Gasteiger partial charge in [-0.15, -0.1) is 12.4 Å². The lowest BCUT2D eigenvalue weighted by Crippen LogP contribution is -2.31. The van der Waals surface area contributed by atoms with Gasteiger partial charge in [-0.2, -0.15) is 0 Å². The highest BCUT2D eigenvalue weighted by molar-refractivity contribution is 5.95. The van der Waals surface area contributed by atoms with E-state index in [-0.39, 0.29) is 42.0 Å². The van der Waals surface area contributed by atoms with Crippen LogP contribution in [0.5, 0.6) is 0 Å². The molecular weight excluding hydrogens is 316 g/mol. The summed E-state index contributed by atoms with van der Waals surface area (Å²) in [6.07, 6.45) is 3.41. The summed E-state index contributed by atoms with van der Waals surface area (Å²) >= 11 is 0. The van der Waals surface area contributed by atoms with Gasteiger partial charge in [-0.05, 0) is 55.5 Å². The molecule has 1 spiro atoms. The second-order valence-electron chi connectivity index (χ2n) is 6.31. The Hall–Kier alpha value is -1.59. The van der Waals surface area contributed by atoms with Gasteiger partial charge in [0.1, 0.15) is 0 Å². The maximum atomic E-state index is 12.4. The number of methoxy groups -OCH3 is 1. The SMILES string of the molecule is COC(=O)Cc1cccc(NC(=O)C2CC23CCNCC3)c1.Cl. The summed E-state index contributed by atoms with van der Waals surface area (Å²) in [5, 5.41) is 6.34. The number of carbonyl (C=O) groups is 2. The van der Waals surface area contributed by atoms with Crippen molar-refractivity contribution in [1.82, 2.24) is 5.32 Å². The minimum atomic E-state index is -0.278. The van der Waals surface area contributed by atoms with Gasteiger partial charge in [0.15, 0.2) is 0 Å². The molecule has 0 aromatic heterocycles. The van der Waals surface area contributed by atoms with E-state index in [0.29, 0.717) is 0 Å². The van der Waals surface area contributed by atoms with Crippen molar-refractivity contribution in [2.24, 2.45) is 11.3 Å². The van der Waals surface area contributed by atoms with E-state index in [1.807, 2.05) is 24.3 Å². The molecule has 0 radical (unpaired) electrons. The number of hydrogen-bond acceptors (Lipinski definition) is 4. The Kier molecular flexibility index (Phi) is 5.65. The summed E-state index contributed by atoms with van der Waals surface area (Å²) in [6, 6.07) is 7.40. The van der Waals surface area contributed by atoms with Crippen LogP contribution < -0.4 is 10.6 Å². The van der Waals surface area contributed by atoms with Crippen molar-refractivity contribution >= 4 is 30.0 Å². The van der Waals surface area contributed by atoms with Gasteiger partial charge < -0.3 is 15.4 Å². The summed E-state index contributed by atoms with van der Waals surface area (Å²) in [7, 11) is 1.37. The van der Waals surface area contributed by atoms with E-state index >= 15 is 0 Å². The molecule has 1 amide bonds. The summed E-state index contributed by atoms with van der Waals surface area (Å²) in [5.41, 5.74) is 1.83. The molecule has 1 aromatic carbocycles. The Balaban J connectivity index is 0.00000192. The summed E-state index contributed by atoms with van der Waals surface area (Å²) in [5.74, 6) is -0.0321. The molecule has 1 atom stereocenters. The minimum absolute atomic E-state index is 0. The average molecular weight is 339 g/mol. The molecule has 23 heavy (non-hydrogen) atoms. The van der Waals surface area contributed by atoms with Crippen molar-refractivity contribution < 1.29 is 14.3 Å². The third-order valence-corrected chi connectivity index (χ3v) is 4.88. The number of piperidine rings is 1. The standard InChI is InChI=1S/C17H22N2O3.ClH/c1-22-15(20)10-12-3-2-4-13(9-12)19-16(21)14-11-17(14)5-7-18-8-6-17;/h2-4,9,14,18H,5-8,10-11H2,1H3,(H,19,21);1H. The van der Waals surface area contributed by atoms with Gasteiger partial charge in [0.25, 0.3) is 0 Å². The lowest BCUT2D eigenvalue weighted by Gasteiger charge is -2.23. The lowest BCUT2D eigenvalue weighted by atomic mass is 9.92. The molecule has 6 heteroatoms. The third kappa shape index (κ3) is 4.03.